The fourth-order valence-electron chi connectivity index (χ4n) is 1.99. The number of nitrogens with one attached hydrogen (secondary N) is 1. The maximum atomic E-state index is 6.08. The summed E-state index contributed by atoms with van der Waals surface area (Å²) >= 11 is 7.72. The van der Waals surface area contributed by atoms with Crippen LogP contribution in [0.5, 0.6) is 0 Å². The number of fused-ring (bicyclic) bond motifs is 1. The average Bonchev–Trinajstić information content (AvgIpc) is 2.99. The third kappa shape index (κ3) is 2.62. The lowest BCUT2D eigenvalue weighted by atomic mass is 10.2. The minimum absolute atomic E-state index is 0.699. The Labute approximate surface area is 126 Å². The van der Waals surface area contributed by atoms with E-state index in [0.29, 0.717) is 5.02 Å². The van der Waals surface area contributed by atoms with Crippen LogP contribution in [-0.4, -0.2) is 16.5 Å². The lowest BCUT2D eigenvalue weighted by Crippen LogP contribution is -2.04. The normalized spacial score (nSPS) is 10.9. The first-order valence-electron chi connectivity index (χ1n) is 6.53. The Hall–Kier alpha value is -1.65. The Morgan fingerprint density at radius 3 is 2.90 bits per heavy atom. The van der Waals surface area contributed by atoms with E-state index < -0.39 is 0 Å². The van der Waals surface area contributed by atoms with Gasteiger partial charge in [0.05, 0.1) is 10.4 Å². The number of hydrogen-bond donors (Lipinski definition) is 1. The number of aromatic nitrogens is 2. The van der Waals surface area contributed by atoms with Crippen molar-refractivity contribution in [2.45, 2.75) is 13.3 Å². The highest BCUT2D eigenvalue weighted by Crippen LogP contribution is 2.29. The quantitative estimate of drug-likeness (QED) is 0.750. The van der Waals surface area contributed by atoms with Crippen LogP contribution in [0.2, 0.25) is 5.02 Å². The van der Waals surface area contributed by atoms with Crippen molar-refractivity contribution in [1.82, 2.24) is 9.97 Å². The summed E-state index contributed by atoms with van der Waals surface area (Å²) in [6.07, 6.45) is 1.04. The van der Waals surface area contributed by atoms with Crippen molar-refractivity contribution in [2.24, 2.45) is 0 Å². The molecule has 1 aromatic carbocycles. The van der Waals surface area contributed by atoms with Crippen molar-refractivity contribution in [3.63, 3.8) is 0 Å². The predicted molar refractivity (Wildman–Crippen MR) is 86.6 cm³/mol. The molecular weight excluding hydrogens is 290 g/mol. The number of rotatable bonds is 4. The molecule has 3 nitrogen and oxygen atoms in total. The minimum atomic E-state index is 0.699. The number of benzene rings is 1. The Balaban J connectivity index is 2.17. The van der Waals surface area contributed by atoms with E-state index in [4.69, 9.17) is 11.6 Å². The van der Waals surface area contributed by atoms with Gasteiger partial charge >= 0.3 is 0 Å². The lowest BCUT2D eigenvalue weighted by molar-refractivity contribution is 0.970. The van der Waals surface area contributed by atoms with Crippen LogP contribution in [0, 0.1) is 0 Å². The summed E-state index contributed by atoms with van der Waals surface area (Å²) in [5.74, 6) is 1.61. The van der Waals surface area contributed by atoms with Gasteiger partial charge in [-0.15, -0.1) is 11.3 Å². The molecule has 5 heteroatoms. The SMILES string of the molecule is CCCNc1nc(-c2cccs2)nc2ccc(Cl)cc12. The van der Waals surface area contributed by atoms with Gasteiger partial charge in [-0.05, 0) is 36.1 Å². The molecule has 3 aromatic rings. The molecule has 2 heterocycles. The highest BCUT2D eigenvalue weighted by atomic mass is 35.5. The van der Waals surface area contributed by atoms with Crippen molar-refractivity contribution in [1.29, 1.82) is 0 Å². The van der Waals surface area contributed by atoms with E-state index in [-0.39, 0.29) is 0 Å². The van der Waals surface area contributed by atoms with Gasteiger partial charge in [-0.1, -0.05) is 24.6 Å². The van der Waals surface area contributed by atoms with Crippen LogP contribution < -0.4 is 5.32 Å². The molecule has 0 aliphatic carbocycles. The van der Waals surface area contributed by atoms with E-state index in [1.807, 2.05) is 35.7 Å². The number of nitrogens with zero attached hydrogens (tertiary/aromatic N) is 2. The highest BCUT2D eigenvalue weighted by Gasteiger charge is 2.10. The zero-order chi connectivity index (χ0) is 13.9. The van der Waals surface area contributed by atoms with Crippen molar-refractivity contribution >= 4 is 39.7 Å². The van der Waals surface area contributed by atoms with Crippen LogP contribution in [-0.2, 0) is 0 Å². The number of hydrogen-bond acceptors (Lipinski definition) is 4. The van der Waals surface area contributed by atoms with Gasteiger partial charge in [0.1, 0.15) is 5.82 Å². The molecule has 0 unspecified atom stereocenters. The second kappa shape index (κ2) is 5.77. The summed E-state index contributed by atoms with van der Waals surface area (Å²) in [5, 5.41) is 7.06. The van der Waals surface area contributed by atoms with Crippen molar-refractivity contribution in [2.75, 3.05) is 11.9 Å². The molecule has 0 amide bonds. The third-order valence-corrected chi connectivity index (χ3v) is 4.04. The van der Waals surface area contributed by atoms with E-state index in [2.05, 4.69) is 22.2 Å². The molecule has 0 radical (unpaired) electrons. The maximum absolute atomic E-state index is 6.08. The van der Waals surface area contributed by atoms with E-state index in [1.54, 1.807) is 11.3 Å². The van der Waals surface area contributed by atoms with Gasteiger partial charge in [-0.2, -0.15) is 0 Å². The Morgan fingerprint density at radius 2 is 2.15 bits per heavy atom. The molecule has 20 heavy (non-hydrogen) atoms. The third-order valence-electron chi connectivity index (χ3n) is 2.94. The Morgan fingerprint density at radius 1 is 1.25 bits per heavy atom. The van der Waals surface area contributed by atoms with E-state index in [1.165, 1.54) is 0 Å². The van der Waals surface area contributed by atoms with Gasteiger partial charge in [-0.3, -0.25) is 0 Å². The summed E-state index contributed by atoms with van der Waals surface area (Å²) in [5.41, 5.74) is 0.909. The second-order valence-corrected chi connectivity index (χ2v) is 5.85. The number of anilines is 1. The molecule has 2 aromatic heterocycles. The zero-order valence-corrected chi connectivity index (χ0v) is 12.6. The smallest absolute Gasteiger partial charge is 0.172 e. The molecular formula is C15H14ClN3S. The second-order valence-electron chi connectivity index (χ2n) is 4.46. The molecule has 0 bridgehead atoms. The first kappa shape index (κ1) is 13.3. The topological polar surface area (TPSA) is 37.8 Å². The average molecular weight is 304 g/mol. The van der Waals surface area contributed by atoms with Gasteiger partial charge in [0.2, 0.25) is 0 Å². The summed E-state index contributed by atoms with van der Waals surface area (Å²) < 4.78 is 0. The molecule has 0 spiro atoms. The van der Waals surface area contributed by atoms with Crippen LogP contribution >= 0.6 is 22.9 Å². The molecule has 102 valence electrons. The van der Waals surface area contributed by atoms with Crippen LogP contribution in [0.4, 0.5) is 5.82 Å². The predicted octanol–water partition coefficient (Wildman–Crippen LogP) is 4.83. The van der Waals surface area contributed by atoms with Crippen LogP contribution in [0.3, 0.4) is 0 Å². The first-order chi connectivity index (χ1) is 9.78. The molecule has 0 aliphatic heterocycles. The molecule has 0 atom stereocenters. The minimum Gasteiger partial charge on any atom is -0.369 e. The Bertz CT molecular complexity index is 725. The maximum Gasteiger partial charge on any atom is 0.172 e. The van der Waals surface area contributed by atoms with E-state index in [0.717, 1.165) is 40.4 Å². The van der Waals surface area contributed by atoms with E-state index in [9.17, 15) is 0 Å². The fraction of sp³-hybridized carbons (Fsp3) is 0.200. The molecule has 0 saturated heterocycles. The monoisotopic (exact) mass is 303 g/mol. The van der Waals surface area contributed by atoms with Gasteiger partial charge in [0.25, 0.3) is 0 Å². The van der Waals surface area contributed by atoms with Crippen LogP contribution in [0.15, 0.2) is 35.7 Å². The largest absolute Gasteiger partial charge is 0.369 e. The summed E-state index contributed by atoms with van der Waals surface area (Å²) in [7, 11) is 0. The van der Waals surface area contributed by atoms with Gasteiger partial charge < -0.3 is 5.32 Å². The number of halogens is 1. The van der Waals surface area contributed by atoms with Crippen molar-refractivity contribution in [3.8, 4) is 10.7 Å². The van der Waals surface area contributed by atoms with E-state index >= 15 is 0 Å². The van der Waals surface area contributed by atoms with Gasteiger partial charge in [0, 0.05) is 17.0 Å². The highest BCUT2D eigenvalue weighted by molar-refractivity contribution is 7.13. The van der Waals surface area contributed by atoms with Crippen molar-refractivity contribution in [3.05, 3.63) is 40.7 Å². The lowest BCUT2D eigenvalue weighted by Gasteiger charge is -2.10. The molecule has 0 fully saturated rings. The summed E-state index contributed by atoms with van der Waals surface area (Å²) in [6, 6.07) is 9.75. The zero-order valence-electron chi connectivity index (χ0n) is 11.1. The van der Waals surface area contributed by atoms with Crippen molar-refractivity contribution < 1.29 is 0 Å². The van der Waals surface area contributed by atoms with Gasteiger partial charge in [0.15, 0.2) is 5.82 Å². The first-order valence-corrected chi connectivity index (χ1v) is 7.78. The fourth-order valence-corrected chi connectivity index (χ4v) is 2.82. The van der Waals surface area contributed by atoms with Crippen LogP contribution in [0.1, 0.15) is 13.3 Å². The standard InChI is InChI=1S/C15H14ClN3S/c1-2-7-17-14-11-9-10(16)5-6-12(11)18-15(19-14)13-4-3-8-20-13/h3-6,8-9H,2,7H2,1H3,(H,17,18,19). The van der Waals surface area contributed by atoms with Crippen LogP contribution in [0.25, 0.3) is 21.6 Å². The summed E-state index contributed by atoms with van der Waals surface area (Å²) in [6.45, 7) is 3.01. The summed E-state index contributed by atoms with van der Waals surface area (Å²) in [4.78, 5) is 10.4. The molecule has 0 aliphatic rings. The number of thiophene rings is 1. The molecule has 0 saturated carbocycles. The molecule has 1 N–H and O–H groups in total. The van der Waals surface area contributed by atoms with Gasteiger partial charge in [-0.25, -0.2) is 9.97 Å². The molecule has 3 rings (SSSR count). The Kier molecular flexibility index (Phi) is 3.85.